The van der Waals surface area contributed by atoms with Crippen LogP contribution in [0.15, 0.2) is 42.6 Å². The van der Waals surface area contributed by atoms with Crippen LogP contribution in [-0.2, 0) is 10.2 Å². The first-order chi connectivity index (χ1) is 10.8. The maximum Gasteiger partial charge on any atom is 0.266 e. The minimum atomic E-state index is -0.599. The molecule has 1 N–H and O–H groups in total. The lowest BCUT2D eigenvalue weighted by Gasteiger charge is -2.20. The molecule has 1 heterocycles. The van der Waals surface area contributed by atoms with E-state index < -0.39 is 6.10 Å². The van der Waals surface area contributed by atoms with E-state index in [0.29, 0.717) is 11.6 Å². The first-order valence-electron chi connectivity index (χ1n) is 7.76. The Bertz CT molecular complexity index is 673. The summed E-state index contributed by atoms with van der Waals surface area (Å²) in [6, 6.07) is 11.6. The molecule has 23 heavy (non-hydrogen) atoms. The molecule has 0 aliphatic rings. The van der Waals surface area contributed by atoms with Crippen LogP contribution in [0.25, 0.3) is 0 Å². The lowest BCUT2D eigenvalue weighted by molar-refractivity contribution is -0.122. The summed E-state index contributed by atoms with van der Waals surface area (Å²) in [6.07, 6.45) is 1.07. The Morgan fingerprint density at radius 3 is 2.39 bits per heavy atom. The molecule has 4 nitrogen and oxygen atoms in total. The maximum absolute atomic E-state index is 12.2. The number of nitrogens with one attached hydrogen (secondary N) is 1. The molecule has 0 aliphatic heterocycles. The average molecular weight is 312 g/mol. The van der Waals surface area contributed by atoms with Crippen LogP contribution in [0.3, 0.4) is 0 Å². The Balaban J connectivity index is 1.98. The highest BCUT2D eigenvalue weighted by Crippen LogP contribution is 2.24. The summed E-state index contributed by atoms with van der Waals surface area (Å²) in [5.41, 5.74) is 2.37. The fourth-order valence-electron chi connectivity index (χ4n) is 2.12. The molecule has 0 aliphatic carbocycles. The lowest BCUT2D eigenvalue weighted by atomic mass is 9.87. The highest BCUT2D eigenvalue weighted by molar-refractivity contribution is 5.93. The van der Waals surface area contributed by atoms with Gasteiger partial charge in [0, 0.05) is 6.20 Å². The third-order valence-corrected chi connectivity index (χ3v) is 3.57. The Morgan fingerprint density at radius 2 is 1.83 bits per heavy atom. The number of hydrogen-bond acceptors (Lipinski definition) is 3. The van der Waals surface area contributed by atoms with E-state index >= 15 is 0 Å². The molecule has 0 saturated heterocycles. The molecule has 0 bridgehead atoms. The summed E-state index contributed by atoms with van der Waals surface area (Å²) in [7, 11) is 0. The quantitative estimate of drug-likeness (QED) is 0.925. The van der Waals surface area contributed by atoms with E-state index in [0.717, 1.165) is 5.56 Å². The predicted molar refractivity (Wildman–Crippen MR) is 92.8 cm³/mol. The topological polar surface area (TPSA) is 51.2 Å². The van der Waals surface area contributed by atoms with Crippen molar-refractivity contribution in [2.75, 3.05) is 5.32 Å². The number of carbonyl (C=O) groups is 1. The molecule has 1 aromatic heterocycles. The number of amides is 1. The fraction of sp³-hybridized carbons (Fsp3) is 0.368. The second-order valence-electron chi connectivity index (χ2n) is 6.74. The van der Waals surface area contributed by atoms with Gasteiger partial charge in [0.05, 0.1) is 0 Å². The Kier molecular flexibility index (Phi) is 5.04. The number of benzene rings is 1. The van der Waals surface area contributed by atoms with Crippen molar-refractivity contribution in [2.24, 2.45) is 0 Å². The Labute approximate surface area is 137 Å². The molecular formula is C19H24N2O2. The van der Waals surface area contributed by atoms with Crippen LogP contribution in [0.5, 0.6) is 5.75 Å². The van der Waals surface area contributed by atoms with Crippen LogP contribution in [0.1, 0.15) is 38.8 Å². The van der Waals surface area contributed by atoms with E-state index in [4.69, 9.17) is 4.74 Å². The normalized spacial score (nSPS) is 12.6. The summed E-state index contributed by atoms with van der Waals surface area (Å²) in [6.45, 7) is 10.2. The van der Waals surface area contributed by atoms with Crippen LogP contribution in [0.4, 0.5) is 5.82 Å². The number of anilines is 1. The second kappa shape index (κ2) is 6.82. The van der Waals surface area contributed by atoms with Gasteiger partial charge in [0.15, 0.2) is 6.10 Å². The summed E-state index contributed by atoms with van der Waals surface area (Å²) in [5, 5.41) is 2.76. The van der Waals surface area contributed by atoms with E-state index in [2.05, 4.69) is 31.1 Å². The molecule has 0 radical (unpaired) electrons. The van der Waals surface area contributed by atoms with Gasteiger partial charge in [-0.1, -0.05) is 32.9 Å². The molecule has 0 fully saturated rings. The van der Waals surface area contributed by atoms with Crippen molar-refractivity contribution in [1.29, 1.82) is 0 Å². The lowest BCUT2D eigenvalue weighted by Crippen LogP contribution is -2.30. The van der Waals surface area contributed by atoms with Crippen LogP contribution >= 0.6 is 0 Å². The van der Waals surface area contributed by atoms with Crippen molar-refractivity contribution in [3.63, 3.8) is 0 Å². The number of aromatic nitrogens is 1. The van der Waals surface area contributed by atoms with Crippen LogP contribution in [-0.4, -0.2) is 17.0 Å². The first kappa shape index (κ1) is 17.0. The fourth-order valence-corrected chi connectivity index (χ4v) is 2.12. The molecule has 2 aromatic rings. The Morgan fingerprint density at radius 1 is 1.17 bits per heavy atom. The van der Waals surface area contributed by atoms with Crippen LogP contribution in [0, 0.1) is 6.92 Å². The highest BCUT2D eigenvalue weighted by Gasteiger charge is 2.17. The molecule has 1 aromatic carbocycles. The maximum atomic E-state index is 12.2. The van der Waals surface area contributed by atoms with E-state index in [9.17, 15) is 4.79 Å². The van der Waals surface area contributed by atoms with E-state index in [-0.39, 0.29) is 11.3 Å². The zero-order valence-electron chi connectivity index (χ0n) is 14.4. The van der Waals surface area contributed by atoms with Crippen molar-refractivity contribution >= 4 is 11.7 Å². The highest BCUT2D eigenvalue weighted by atomic mass is 16.5. The van der Waals surface area contributed by atoms with Gasteiger partial charge in [-0.3, -0.25) is 4.79 Å². The number of hydrogen-bond donors (Lipinski definition) is 1. The molecule has 1 atom stereocenters. The average Bonchev–Trinajstić information content (AvgIpc) is 2.46. The van der Waals surface area contributed by atoms with Crippen LogP contribution in [0.2, 0.25) is 0 Å². The molecule has 0 spiro atoms. The van der Waals surface area contributed by atoms with Gasteiger partial charge in [0.2, 0.25) is 0 Å². The Hall–Kier alpha value is -2.36. The van der Waals surface area contributed by atoms with E-state index in [1.807, 2.05) is 43.3 Å². The number of pyridine rings is 1. The van der Waals surface area contributed by atoms with E-state index in [1.165, 1.54) is 5.56 Å². The number of rotatable bonds is 4. The predicted octanol–water partition coefficient (Wildman–Crippen LogP) is 4.09. The first-order valence-corrected chi connectivity index (χ1v) is 7.76. The zero-order chi connectivity index (χ0) is 17.0. The van der Waals surface area contributed by atoms with Crippen molar-refractivity contribution in [3.05, 3.63) is 53.7 Å². The zero-order valence-corrected chi connectivity index (χ0v) is 14.4. The van der Waals surface area contributed by atoms with Gasteiger partial charge in [0.1, 0.15) is 11.6 Å². The van der Waals surface area contributed by atoms with Crippen LogP contribution < -0.4 is 10.1 Å². The molecule has 2 rings (SSSR count). The number of aryl methyl sites for hydroxylation is 1. The molecule has 1 amide bonds. The van der Waals surface area contributed by atoms with Gasteiger partial charge in [0.25, 0.3) is 5.91 Å². The minimum absolute atomic E-state index is 0.0956. The van der Waals surface area contributed by atoms with Gasteiger partial charge in [-0.15, -0.1) is 0 Å². The molecule has 4 heteroatoms. The standard InChI is InChI=1S/C19H24N2O2/c1-13-10-11-20-17(12-13)21-18(22)14(2)23-16-8-6-15(7-9-16)19(3,4)5/h6-12,14H,1-5H3,(H,20,21,22). The SMILES string of the molecule is Cc1ccnc(NC(=O)C(C)Oc2ccc(C(C)(C)C)cc2)c1. The summed E-state index contributed by atoms with van der Waals surface area (Å²) < 4.78 is 5.71. The molecule has 122 valence electrons. The number of ether oxygens (including phenoxy) is 1. The monoisotopic (exact) mass is 312 g/mol. The number of nitrogens with zero attached hydrogens (tertiary/aromatic N) is 1. The molecular weight excluding hydrogens is 288 g/mol. The third-order valence-electron chi connectivity index (χ3n) is 3.57. The van der Waals surface area contributed by atoms with Gasteiger partial charge >= 0.3 is 0 Å². The summed E-state index contributed by atoms with van der Waals surface area (Å²) in [4.78, 5) is 16.3. The number of carbonyl (C=O) groups excluding carboxylic acids is 1. The largest absolute Gasteiger partial charge is 0.481 e. The van der Waals surface area contributed by atoms with Gasteiger partial charge in [-0.2, -0.15) is 0 Å². The van der Waals surface area contributed by atoms with Crippen molar-refractivity contribution in [3.8, 4) is 5.75 Å². The van der Waals surface area contributed by atoms with Gasteiger partial charge in [-0.25, -0.2) is 4.98 Å². The van der Waals surface area contributed by atoms with Crippen molar-refractivity contribution < 1.29 is 9.53 Å². The smallest absolute Gasteiger partial charge is 0.266 e. The molecule has 0 saturated carbocycles. The minimum Gasteiger partial charge on any atom is -0.481 e. The second-order valence-corrected chi connectivity index (χ2v) is 6.74. The van der Waals surface area contributed by atoms with Gasteiger partial charge < -0.3 is 10.1 Å². The summed E-state index contributed by atoms with van der Waals surface area (Å²) in [5.74, 6) is 0.995. The van der Waals surface area contributed by atoms with E-state index in [1.54, 1.807) is 13.1 Å². The molecule has 1 unspecified atom stereocenters. The summed E-state index contributed by atoms with van der Waals surface area (Å²) >= 11 is 0. The third kappa shape index (κ3) is 4.81. The van der Waals surface area contributed by atoms with Gasteiger partial charge in [-0.05, 0) is 54.7 Å². The van der Waals surface area contributed by atoms with Crippen molar-refractivity contribution in [2.45, 2.75) is 46.1 Å². The van der Waals surface area contributed by atoms with Crippen molar-refractivity contribution in [1.82, 2.24) is 4.98 Å².